The van der Waals surface area contributed by atoms with Crippen LogP contribution in [0.3, 0.4) is 0 Å². The van der Waals surface area contributed by atoms with Gasteiger partial charge in [0, 0.05) is 49.2 Å². The molecule has 1 amide bonds. The van der Waals surface area contributed by atoms with Crippen LogP contribution in [0, 0.1) is 13.5 Å². The smallest absolute Gasteiger partial charge is 0.410 e. The first-order chi connectivity index (χ1) is 16.0. The molecule has 7 heteroatoms. The van der Waals surface area contributed by atoms with Crippen LogP contribution in [-0.4, -0.2) is 53.0 Å². The van der Waals surface area contributed by atoms with Crippen LogP contribution in [0.15, 0.2) is 36.4 Å². The van der Waals surface area contributed by atoms with Crippen LogP contribution in [0.1, 0.15) is 54.7 Å². The van der Waals surface area contributed by atoms with E-state index in [4.69, 9.17) is 22.9 Å². The van der Waals surface area contributed by atoms with Crippen LogP contribution in [0.25, 0.3) is 4.85 Å². The summed E-state index contributed by atoms with van der Waals surface area (Å²) in [5.74, 6) is -0.0404. The van der Waals surface area contributed by atoms with Crippen LogP contribution >= 0.6 is 11.6 Å². The minimum atomic E-state index is -0.517. The molecule has 0 bridgehead atoms. The van der Waals surface area contributed by atoms with Gasteiger partial charge in [-0.15, -0.1) is 0 Å². The van der Waals surface area contributed by atoms with E-state index in [-0.39, 0.29) is 24.3 Å². The largest absolute Gasteiger partial charge is 0.444 e. The van der Waals surface area contributed by atoms with Crippen molar-refractivity contribution in [1.82, 2.24) is 9.80 Å². The average Bonchev–Trinajstić information content (AvgIpc) is 2.75. The number of carbonyl (C=O) groups excluding carboxylic acids is 2. The molecule has 0 aliphatic carbocycles. The van der Waals surface area contributed by atoms with Gasteiger partial charge in [-0.1, -0.05) is 29.8 Å². The molecule has 3 rings (SSSR count). The number of hydrogen-bond acceptors (Lipinski definition) is 4. The van der Waals surface area contributed by atoms with Crippen molar-refractivity contribution in [1.29, 1.82) is 0 Å². The lowest BCUT2D eigenvalue weighted by Crippen LogP contribution is -2.54. The molecule has 2 aromatic rings. The first kappa shape index (κ1) is 25.7. The molecule has 2 aromatic carbocycles. The molecule has 6 nitrogen and oxygen atoms in total. The number of Topliss-reactive ketones (excluding diaryl/α,β-unsaturated/α-hetero) is 1. The zero-order valence-corrected chi connectivity index (χ0v) is 21.3. The summed E-state index contributed by atoms with van der Waals surface area (Å²) in [6, 6.07) is 10.6. The van der Waals surface area contributed by atoms with Gasteiger partial charge >= 0.3 is 6.09 Å². The summed E-state index contributed by atoms with van der Waals surface area (Å²) in [4.78, 5) is 32.9. The van der Waals surface area contributed by atoms with Crippen LogP contribution in [0.5, 0.6) is 0 Å². The Labute approximate surface area is 207 Å². The number of amides is 1. The molecule has 1 aliphatic heterocycles. The van der Waals surface area contributed by atoms with E-state index in [1.54, 1.807) is 29.2 Å². The van der Waals surface area contributed by atoms with Crippen molar-refractivity contribution in [2.75, 3.05) is 19.6 Å². The minimum Gasteiger partial charge on any atom is -0.444 e. The second kappa shape index (κ2) is 10.6. The number of carbonyl (C=O) groups is 2. The highest BCUT2D eigenvalue weighted by Gasteiger charge is 2.31. The van der Waals surface area contributed by atoms with Crippen LogP contribution in [0.2, 0.25) is 5.02 Å². The molecule has 0 N–H and O–H groups in total. The lowest BCUT2D eigenvalue weighted by atomic mass is 9.95. The summed E-state index contributed by atoms with van der Waals surface area (Å²) in [5.41, 5.74) is 3.47. The lowest BCUT2D eigenvalue weighted by Gasteiger charge is -2.40. The van der Waals surface area contributed by atoms with Crippen LogP contribution in [0.4, 0.5) is 10.5 Å². The Balaban J connectivity index is 1.70. The summed E-state index contributed by atoms with van der Waals surface area (Å²) in [6.45, 7) is 19.6. The first-order valence-electron chi connectivity index (χ1n) is 11.5. The third kappa shape index (κ3) is 6.59. The molecule has 34 heavy (non-hydrogen) atoms. The van der Waals surface area contributed by atoms with Crippen molar-refractivity contribution in [3.8, 4) is 0 Å². The molecule has 1 fully saturated rings. The fourth-order valence-corrected chi connectivity index (χ4v) is 4.44. The van der Waals surface area contributed by atoms with Crippen molar-refractivity contribution in [3.63, 3.8) is 0 Å². The maximum absolute atomic E-state index is 12.9. The molecule has 180 valence electrons. The quantitative estimate of drug-likeness (QED) is 0.384. The fraction of sp³-hybridized carbons (Fsp3) is 0.444. The Kier molecular flexibility index (Phi) is 8.01. The number of halogens is 1. The van der Waals surface area contributed by atoms with Gasteiger partial charge in [-0.25, -0.2) is 9.64 Å². The van der Waals surface area contributed by atoms with Crippen molar-refractivity contribution >= 4 is 29.2 Å². The minimum absolute atomic E-state index is 0.0267. The molecule has 1 saturated heterocycles. The molecule has 1 heterocycles. The Morgan fingerprint density at radius 3 is 2.53 bits per heavy atom. The second-order valence-corrected chi connectivity index (χ2v) is 10.3. The highest BCUT2D eigenvalue weighted by molar-refractivity contribution is 6.30. The van der Waals surface area contributed by atoms with E-state index < -0.39 is 5.60 Å². The average molecular weight is 482 g/mol. The number of piperazine rings is 1. The second-order valence-electron chi connectivity index (χ2n) is 9.87. The number of hydrogen-bond donors (Lipinski definition) is 0. The van der Waals surface area contributed by atoms with E-state index >= 15 is 0 Å². The van der Waals surface area contributed by atoms with Gasteiger partial charge in [-0.2, -0.15) is 0 Å². The van der Waals surface area contributed by atoms with Gasteiger partial charge in [0.2, 0.25) is 0 Å². The highest BCUT2D eigenvalue weighted by Crippen LogP contribution is 2.25. The molecule has 0 radical (unpaired) electrons. The van der Waals surface area contributed by atoms with E-state index in [1.807, 2.05) is 46.8 Å². The predicted molar refractivity (Wildman–Crippen MR) is 135 cm³/mol. The van der Waals surface area contributed by atoms with E-state index in [9.17, 15) is 9.59 Å². The van der Waals surface area contributed by atoms with Crippen molar-refractivity contribution in [2.45, 2.75) is 59.2 Å². The molecule has 0 unspecified atom stereocenters. The third-order valence-corrected chi connectivity index (χ3v) is 6.19. The third-order valence-electron chi connectivity index (χ3n) is 5.97. The number of benzene rings is 2. The maximum atomic E-state index is 12.9. The fourth-order valence-electron chi connectivity index (χ4n) is 4.18. The van der Waals surface area contributed by atoms with Gasteiger partial charge in [0.05, 0.1) is 6.57 Å². The van der Waals surface area contributed by atoms with Crippen molar-refractivity contribution in [3.05, 3.63) is 75.1 Å². The van der Waals surface area contributed by atoms with Gasteiger partial charge in [0.1, 0.15) is 5.60 Å². The Hall–Kier alpha value is -2.88. The molecule has 0 saturated carbocycles. The monoisotopic (exact) mass is 481 g/mol. The maximum Gasteiger partial charge on any atom is 0.410 e. The number of ether oxygens (including phenoxy) is 1. The highest BCUT2D eigenvalue weighted by atomic mass is 35.5. The SMILES string of the molecule is [C-]#[N+]c1cccc(C(=O)Cc2cc(Cl)cc(CN3CCN(C(=O)OC(C)(C)C)[C@@H](C)C3)c2C)c1. The number of nitrogens with zero attached hydrogens (tertiary/aromatic N) is 3. The normalized spacial score (nSPS) is 16.7. The summed E-state index contributed by atoms with van der Waals surface area (Å²) in [5, 5.41) is 0.596. The number of ketones is 1. The molecule has 0 aromatic heterocycles. The Morgan fingerprint density at radius 1 is 1.18 bits per heavy atom. The van der Waals surface area contributed by atoms with Gasteiger partial charge in [0.15, 0.2) is 11.5 Å². The first-order valence-corrected chi connectivity index (χ1v) is 11.8. The van der Waals surface area contributed by atoms with E-state index in [0.29, 0.717) is 29.4 Å². The zero-order chi connectivity index (χ0) is 25.0. The Bertz CT molecular complexity index is 1120. The predicted octanol–water partition coefficient (Wildman–Crippen LogP) is 6.07. The van der Waals surface area contributed by atoms with Crippen molar-refractivity contribution in [2.24, 2.45) is 0 Å². The van der Waals surface area contributed by atoms with Crippen LogP contribution in [-0.2, 0) is 17.7 Å². The zero-order valence-electron chi connectivity index (χ0n) is 20.5. The number of rotatable bonds is 5. The summed E-state index contributed by atoms with van der Waals surface area (Å²) in [7, 11) is 0. The Morgan fingerprint density at radius 2 is 1.88 bits per heavy atom. The van der Waals surface area contributed by atoms with Gasteiger partial charge in [-0.3, -0.25) is 9.69 Å². The van der Waals surface area contributed by atoms with Crippen LogP contribution < -0.4 is 0 Å². The molecule has 1 atom stereocenters. The molecule has 1 aliphatic rings. The molecule has 0 spiro atoms. The summed E-state index contributed by atoms with van der Waals surface area (Å²) in [6.07, 6.45) is -0.0504. The topological polar surface area (TPSA) is 54.2 Å². The van der Waals surface area contributed by atoms with E-state index in [1.165, 1.54) is 0 Å². The van der Waals surface area contributed by atoms with E-state index in [0.717, 1.165) is 29.8 Å². The molecular formula is C27H32ClN3O3. The standard InChI is InChI=1S/C27H32ClN3O3/c1-18-16-30(10-11-31(18)26(33)34-27(3,4)5)17-22-13-23(28)12-21(19(22)2)15-25(32)20-8-7-9-24(14-20)29-6/h7-9,12-14,18H,10-11,15-17H2,1-5H3/t18-/m0/s1. The van der Waals surface area contributed by atoms with Gasteiger partial charge in [-0.05, 0) is 69.5 Å². The van der Waals surface area contributed by atoms with Crippen molar-refractivity contribution < 1.29 is 14.3 Å². The van der Waals surface area contributed by atoms with E-state index in [2.05, 4.69) is 9.74 Å². The molecular weight excluding hydrogens is 450 g/mol. The van der Waals surface area contributed by atoms with Gasteiger partial charge < -0.3 is 9.64 Å². The summed E-state index contributed by atoms with van der Waals surface area (Å²) < 4.78 is 5.54. The van der Waals surface area contributed by atoms with Gasteiger partial charge in [0.25, 0.3) is 0 Å². The summed E-state index contributed by atoms with van der Waals surface area (Å²) >= 11 is 6.43. The lowest BCUT2D eigenvalue weighted by molar-refractivity contribution is 0.000532.